The van der Waals surface area contributed by atoms with Crippen LogP contribution >= 0.6 is 11.8 Å². The van der Waals surface area contributed by atoms with Gasteiger partial charge in [0, 0.05) is 12.1 Å². The fraction of sp³-hybridized carbons (Fsp3) is 1.00. The van der Waals surface area contributed by atoms with Gasteiger partial charge in [0.05, 0.1) is 0 Å². The van der Waals surface area contributed by atoms with E-state index in [-0.39, 0.29) is 0 Å². The molecular formula is C13H28N2S. The van der Waals surface area contributed by atoms with Crippen molar-refractivity contribution in [1.29, 1.82) is 0 Å². The second-order valence-corrected chi connectivity index (χ2v) is 5.95. The summed E-state index contributed by atoms with van der Waals surface area (Å²) in [6, 6.07) is 1.46. The number of hydrogen-bond acceptors (Lipinski definition) is 3. The van der Waals surface area contributed by atoms with Crippen LogP contribution in [0.25, 0.3) is 0 Å². The zero-order valence-corrected chi connectivity index (χ0v) is 12.0. The zero-order valence-electron chi connectivity index (χ0n) is 11.2. The van der Waals surface area contributed by atoms with Crippen molar-refractivity contribution in [3.8, 4) is 0 Å². The van der Waals surface area contributed by atoms with Gasteiger partial charge in [-0.3, -0.25) is 0 Å². The number of likely N-dealkylation sites (tertiary alicyclic amines) is 1. The van der Waals surface area contributed by atoms with Crippen LogP contribution in [-0.2, 0) is 0 Å². The molecule has 0 amide bonds. The molecule has 16 heavy (non-hydrogen) atoms. The molecular weight excluding hydrogens is 216 g/mol. The van der Waals surface area contributed by atoms with Crippen LogP contribution in [0.5, 0.6) is 0 Å². The minimum absolute atomic E-state index is 0.690. The highest BCUT2D eigenvalue weighted by atomic mass is 32.2. The molecule has 96 valence electrons. The molecule has 1 rings (SSSR count). The standard InChI is InChI=1S/C13H28N2S/c1-4-8-15-9-5-13(6-10-15)14-12(2)7-11-16-3/h12-14H,4-11H2,1-3H3. The summed E-state index contributed by atoms with van der Waals surface area (Å²) in [4.78, 5) is 2.60. The van der Waals surface area contributed by atoms with Crippen LogP contribution in [-0.4, -0.2) is 48.6 Å². The summed E-state index contributed by atoms with van der Waals surface area (Å²) in [5.74, 6) is 1.28. The average molecular weight is 244 g/mol. The van der Waals surface area contributed by atoms with Crippen molar-refractivity contribution < 1.29 is 0 Å². The minimum atomic E-state index is 0.690. The first-order valence-electron chi connectivity index (χ1n) is 6.73. The molecule has 0 radical (unpaired) electrons. The molecule has 1 aliphatic heterocycles. The number of nitrogens with zero attached hydrogens (tertiary/aromatic N) is 1. The van der Waals surface area contributed by atoms with Crippen molar-refractivity contribution in [2.45, 2.75) is 51.6 Å². The van der Waals surface area contributed by atoms with Gasteiger partial charge < -0.3 is 10.2 Å². The average Bonchev–Trinajstić information content (AvgIpc) is 2.29. The number of nitrogens with one attached hydrogen (secondary N) is 1. The molecule has 0 spiro atoms. The molecule has 3 heteroatoms. The highest BCUT2D eigenvalue weighted by molar-refractivity contribution is 7.98. The summed E-state index contributed by atoms with van der Waals surface area (Å²) in [5, 5.41) is 3.78. The third-order valence-electron chi connectivity index (χ3n) is 3.40. The van der Waals surface area contributed by atoms with Gasteiger partial charge in [-0.25, -0.2) is 0 Å². The Kier molecular flexibility index (Phi) is 7.50. The molecule has 1 saturated heterocycles. The highest BCUT2D eigenvalue weighted by Crippen LogP contribution is 2.12. The maximum absolute atomic E-state index is 3.78. The molecule has 1 fully saturated rings. The lowest BCUT2D eigenvalue weighted by Crippen LogP contribution is -2.45. The van der Waals surface area contributed by atoms with Gasteiger partial charge in [0.15, 0.2) is 0 Å². The van der Waals surface area contributed by atoms with Crippen molar-refractivity contribution in [2.75, 3.05) is 31.6 Å². The van der Waals surface area contributed by atoms with Gasteiger partial charge in [0.2, 0.25) is 0 Å². The normalized spacial score (nSPS) is 21.2. The van der Waals surface area contributed by atoms with Gasteiger partial charge in [-0.2, -0.15) is 11.8 Å². The molecule has 1 heterocycles. The molecule has 0 aromatic rings. The summed E-state index contributed by atoms with van der Waals surface area (Å²) in [6.45, 7) is 8.47. The Labute approximate surface area is 106 Å². The summed E-state index contributed by atoms with van der Waals surface area (Å²) in [7, 11) is 0. The quantitative estimate of drug-likeness (QED) is 0.741. The number of thioether (sulfide) groups is 1. The van der Waals surface area contributed by atoms with Gasteiger partial charge in [0.1, 0.15) is 0 Å². The largest absolute Gasteiger partial charge is 0.311 e. The number of piperidine rings is 1. The maximum Gasteiger partial charge on any atom is 0.00938 e. The van der Waals surface area contributed by atoms with Crippen LogP contribution in [0.2, 0.25) is 0 Å². The molecule has 0 aromatic carbocycles. The molecule has 1 unspecified atom stereocenters. The summed E-state index contributed by atoms with van der Waals surface area (Å²) in [5.41, 5.74) is 0. The number of hydrogen-bond donors (Lipinski definition) is 1. The van der Waals surface area contributed by atoms with E-state index in [1.54, 1.807) is 0 Å². The predicted molar refractivity (Wildman–Crippen MR) is 75.3 cm³/mol. The fourth-order valence-electron chi connectivity index (χ4n) is 2.42. The Morgan fingerprint density at radius 3 is 2.62 bits per heavy atom. The van der Waals surface area contributed by atoms with Crippen molar-refractivity contribution in [1.82, 2.24) is 10.2 Å². The van der Waals surface area contributed by atoms with E-state index in [1.807, 2.05) is 11.8 Å². The Morgan fingerprint density at radius 2 is 2.06 bits per heavy atom. The summed E-state index contributed by atoms with van der Waals surface area (Å²) < 4.78 is 0. The van der Waals surface area contributed by atoms with E-state index < -0.39 is 0 Å². The molecule has 0 aromatic heterocycles. The van der Waals surface area contributed by atoms with Crippen LogP contribution in [0.3, 0.4) is 0 Å². The number of rotatable bonds is 7. The first-order chi connectivity index (χ1) is 7.76. The maximum atomic E-state index is 3.78. The third kappa shape index (κ3) is 5.55. The third-order valence-corrected chi connectivity index (χ3v) is 4.05. The van der Waals surface area contributed by atoms with E-state index in [0.717, 1.165) is 6.04 Å². The smallest absolute Gasteiger partial charge is 0.00938 e. The summed E-state index contributed by atoms with van der Waals surface area (Å²) >= 11 is 1.95. The van der Waals surface area contributed by atoms with Crippen molar-refractivity contribution >= 4 is 11.8 Å². The Balaban J connectivity index is 2.11. The SMILES string of the molecule is CCCN1CCC(NC(C)CCSC)CC1. The second kappa shape index (κ2) is 8.37. The van der Waals surface area contributed by atoms with Crippen LogP contribution in [0, 0.1) is 0 Å². The summed E-state index contributed by atoms with van der Waals surface area (Å²) in [6.07, 6.45) is 7.46. The second-order valence-electron chi connectivity index (χ2n) is 4.97. The highest BCUT2D eigenvalue weighted by Gasteiger charge is 2.19. The van der Waals surface area contributed by atoms with Crippen molar-refractivity contribution in [3.63, 3.8) is 0 Å². The van der Waals surface area contributed by atoms with E-state index in [0.29, 0.717) is 6.04 Å². The van der Waals surface area contributed by atoms with Crippen LogP contribution in [0.15, 0.2) is 0 Å². The lowest BCUT2D eigenvalue weighted by atomic mass is 10.0. The van der Waals surface area contributed by atoms with E-state index in [2.05, 4.69) is 30.3 Å². The van der Waals surface area contributed by atoms with E-state index in [4.69, 9.17) is 0 Å². The molecule has 0 saturated carbocycles. The monoisotopic (exact) mass is 244 g/mol. The lowest BCUT2D eigenvalue weighted by Gasteiger charge is -2.33. The first kappa shape index (κ1) is 14.3. The van der Waals surface area contributed by atoms with E-state index in [9.17, 15) is 0 Å². The van der Waals surface area contributed by atoms with Crippen LogP contribution in [0.1, 0.15) is 39.5 Å². The molecule has 1 atom stereocenters. The predicted octanol–water partition coefficient (Wildman–Crippen LogP) is 2.59. The topological polar surface area (TPSA) is 15.3 Å². The first-order valence-corrected chi connectivity index (χ1v) is 8.13. The zero-order chi connectivity index (χ0) is 11.8. The van der Waals surface area contributed by atoms with Crippen molar-refractivity contribution in [3.05, 3.63) is 0 Å². The van der Waals surface area contributed by atoms with Gasteiger partial charge in [0.25, 0.3) is 0 Å². The van der Waals surface area contributed by atoms with Gasteiger partial charge in [-0.05, 0) is 64.2 Å². The molecule has 0 bridgehead atoms. The van der Waals surface area contributed by atoms with Crippen LogP contribution < -0.4 is 5.32 Å². The van der Waals surface area contributed by atoms with Gasteiger partial charge in [-0.1, -0.05) is 6.92 Å². The fourth-order valence-corrected chi connectivity index (χ4v) is 3.01. The molecule has 1 aliphatic rings. The Bertz CT molecular complexity index is 167. The Hall–Kier alpha value is 0.270. The van der Waals surface area contributed by atoms with Crippen molar-refractivity contribution in [2.24, 2.45) is 0 Å². The van der Waals surface area contributed by atoms with Crippen LogP contribution in [0.4, 0.5) is 0 Å². The van der Waals surface area contributed by atoms with E-state index >= 15 is 0 Å². The van der Waals surface area contributed by atoms with Gasteiger partial charge in [-0.15, -0.1) is 0 Å². The molecule has 1 N–H and O–H groups in total. The van der Waals surface area contributed by atoms with E-state index in [1.165, 1.54) is 51.1 Å². The minimum Gasteiger partial charge on any atom is -0.311 e. The molecule has 0 aliphatic carbocycles. The Morgan fingerprint density at radius 1 is 1.38 bits per heavy atom. The molecule has 2 nitrogen and oxygen atoms in total. The lowest BCUT2D eigenvalue weighted by molar-refractivity contribution is 0.192. The van der Waals surface area contributed by atoms with Gasteiger partial charge >= 0.3 is 0 Å².